The Balaban J connectivity index is 1.42. The van der Waals surface area contributed by atoms with Crippen molar-refractivity contribution in [2.75, 3.05) is 6.61 Å². The summed E-state index contributed by atoms with van der Waals surface area (Å²) in [5.74, 6) is 0.472. The number of benzene rings is 3. The normalized spacial score (nSPS) is 21.3. The van der Waals surface area contributed by atoms with Gasteiger partial charge in [-0.3, -0.25) is 9.88 Å². The standard InChI is InChI=1S/C32H32F6N4O2/c1-21(23-13-25(31(33,34)35)15-26(14-23)32(36,37)38)44-20-30(24-11-7-4-8-12-24)18-29(2,19-30)42(16-22-9-5-3-6-10-22)17-27-39-28(43)41-40-27/h3-15,21H,16-20H2,1-2H3,(H2,39,40,41,43)/t21-,29?,30?/m1/s1. The first-order chi connectivity index (χ1) is 20.7. The van der Waals surface area contributed by atoms with Gasteiger partial charge in [0.05, 0.1) is 30.4 Å². The molecule has 12 heteroatoms. The zero-order valence-corrected chi connectivity index (χ0v) is 24.1. The molecule has 6 nitrogen and oxygen atoms in total. The summed E-state index contributed by atoms with van der Waals surface area (Å²) < 4.78 is 87.1. The van der Waals surface area contributed by atoms with Crippen LogP contribution in [0.2, 0.25) is 0 Å². The lowest BCUT2D eigenvalue weighted by Gasteiger charge is -2.59. The second-order valence-corrected chi connectivity index (χ2v) is 11.8. The van der Waals surface area contributed by atoms with E-state index in [1.54, 1.807) is 0 Å². The molecular formula is C32H32F6N4O2. The van der Waals surface area contributed by atoms with Gasteiger partial charge in [0.15, 0.2) is 0 Å². The molecule has 0 unspecified atom stereocenters. The lowest BCUT2D eigenvalue weighted by atomic mass is 9.54. The van der Waals surface area contributed by atoms with Crippen molar-refractivity contribution in [1.29, 1.82) is 0 Å². The largest absolute Gasteiger partial charge is 0.416 e. The van der Waals surface area contributed by atoms with E-state index >= 15 is 0 Å². The van der Waals surface area contributed by atoms with E-state index in [0.29, 0.717) is 43.9 Å². The first kappa shape index (κ1) is 31.5. The molecule has 0 bridgehead atoms. The molecule has 1 heterocycles. The van der Waals surface area contributed by atoms with E-state index in [0.717, 1.165) is 11.1 Å². The SMILES string of the molecule is C[C@@H](OCC1(c2ccccc2)CC(C)(N(Cc2ccccc2)Cc2n[nH]c(=O)[nH]2)C1)c1cc(C(F)(F)F)cc(C(F)(F)F)c1. The van der Waals surface area contributed by atoms with Crippen LogP contribution in [0.15, 0.2) is 83.7 Å². The smallest absolute Gasteiger partial charge is 0.373 e. The maximum Gasteiger partial charge on any atom is 0.416 e. The molecule has 5 rings (SSSR count). The number of halogens is 6. The van der Waals surface area contributed by atoms with Crippen LogP contribution in [-0.4, -0.2) is 32.2 Å². The molecule has 0 saturated heterocycles. The summed E-state index contributed by atoms with van der Waals surface area (Å²) in [6.45, 7) is 4.52. The zero-order valence-electron chi connectivity index (χ0n) is 24.1. The van der Waals surface area contributed by atoms with Crippen LogP contribution in [0.5, 0.6) is 0 Å². The summed E-state index contributed by atoms with van der Waals surface area (Å²) >= 11 is 0. The van der Waals surface area contributed by atoms with Crippen LogP contribution in [0.25, 0.3) is 0 Å². The first-order valence-electron chi connectivity index (χ1n) is 14.1. The molecule has 1 fully saturated rings. The highest BCUT2D eigenvalue weighted by Crippen LogP contribution is 2.54. The van der Waals surface area contributed by atoms with Crippen molar-refractivity contribution in [1.82, 2.24) is 20.1 Å². The van der Waals surface area contributed by atoms with Gasteiger partial charge >= 0.3 is 18.0 Å². The molecule has 234 valence electrons. The Bertz CT molecular complexity index is 1580. The molecule has 1 aliphatic carbocycles. The average Bonchev–Trinajstić information content (AvgIpc) is 3.38. The van der Waals surface area contributed by atoms with Crippen molar-refractivity contribution in [3.8, 4) is 0 Å². The maximum absolute atomic E-state index is 13.5. The predicted octanol–water partition coefficient (Wildman–Crippen LogP) is 7.41. The van der Waals surface area contributed by atoms with Gasteiger partial charge in [0.2, 0.25) is 0 Å². The zero-order chi connectivity index (χ0) is 31.8. The molecule has 0 aliphatic heterocycles. The molecule has 1 atom stereocenters. The van der Waals surface area contributed by atoms with Gasteiger partial charge in [0.25, 0.3) is 0 Å². The fourth-order valence-electron chi connectivity index (χ4n) is 6.21. The van der Waals surface area contributed by atoms with Crippen LogP contribution in [-0.2, 0) is 35.6 Å². The summed E-state index contributed by atoms with van der Waals surface area (Å²) in [5.41, 5.74) is -2.33. The van der Waals surface area contributed by atoms with Gasteiger partial charge in [-0.25, -0.2) is 9.89 Å². The van der Waals surface area contributed by atoms with E-state index in [2.05, 4.69) is 27.0 Å². The van der Waals surface area contributed by atoms with E-state index < -0.39 is 46.2 Å². The second-order valence-electron chi connectivity index (χ2n) is 11.8. The lowest BCUT2D eigenvalue weighted by molar-refractivity contribution is -0.143. The third-order valence-electron chi connectivity index (χ3n) is 8.38. The van der Waals surface area contributed by atoms with Gasteiger partial charge in [-0.05, 0) is 61.6 Å². The van der Waals surface area contributed by atoms with E-state index in [1.807, 2.05) is 60.7 Å². The highest BCUT2D eigenvalue weighted by molar-refractivity contribution is 5.36. The molecule has 1 saturated carbocycles. The fraction of sp³-hybridized carbons (Fsp3) is 0.375. The van der Waals surface area contributed by atoms with E-state index in [1.165, 1.54) is 6.92 Å². The van der Waals surface area contributed by atoms with Crippen molar-refractivity contribution >= 4 is 0 Å². The lowest BCUT2D eigenvalue weighted by Crippen LogP contribution is -2.63. The van der Waals surface area contributed by atoms with Crippen LogP contribution in [0.1, 0.15) is 66.4 Å². The molecule has 0 radical (unpaired) electrons. The quantitative estimate of drug-likeness (QED) is 0.182. The van der Waals surface area contributed by atoms with E-state index in [4.69, 9.17) is 4.74 Å². The number of nitrogens with zero attached hydrogens (tertiary/aromatic N) is 2. The van der Waals surface area contributed by atoms with Crippen LogP contribution in [0, 0.1) is 0 Å². The fourth-order valence-corrected chi connectivity index (χ4v) is 6.21. The third kappa shape index (κ3) is 6.91. The average molecular weight is 619 g/mol. The Morgan fingerprint density at radius 2 is 1.45 bits per heavy atom. The van der Waals surface area contributed by atoms with Gasteiger partial charge in [0.1, 0.15) is 5.82 Å². The summed E-state index contributed by atoms with van der Waals surface area (Å²) in [4.78, 5) is 16.7. The van der Waals surface area contributed by atoms with Crippen molar-refractivity contribution in [3.05, 3.63) is 123 Å². The Morgan fingerprint density at radius 3 is 1.98 bits per heavy atom. The molecule has 0 spiro atoms. The highest BCUT2D eigenvalue weighted by Gasteiger charge is 2.55. The molecule has 3 aromatic carbocycles. The number of hydrogen-bond donors (Lipinski definition) is 2. The number of rotatable bonds is 10. The summed E-state index contributed by atoms with van der Waals surface area (Å²) in [7, 11) is 0. The Kier molecular flexibility index (Phi) is 8.52. The number of nitrogens with one attached hydrogen (secondary N) is 2. The van der Waals surface area contributed by atoms with Crippen LogP contribution >= 0.6 is 0 Å². The van der Waals surface area contributed by atoms with Crippen LogP contribution < -0.4 is 5.69 Å². The summed E-state index contributed by atoms with van der Waals surface area (Å²) in [6, 6.07) is 20.9. The first-order valence-corrected chi connectivity index (χ1v) is 14.1. The minimum Gasteiger partial charge on any atom is -0.373 e. The minimum atomic E-state index is -4.95. The Hall–Kier alpha value is -3.90. The second kappa shape index (κ2) is 11.9. The highest BCUT2D eigenvalue weighted by atomic mass is 19.4. The molecule has 2 N–H and O–H groups in total. The van der Waals surface area contributed by atoms with E-state index in [-0.39, 0.29) is 18.2 Å². The Labute approximate surface area is 250 Å². The Morgan fingerprint density at radius 1 is 0.886 bits per heavy atom. The van der Waals surface area contributed by atoms with Crippen molar-refractivity contribution in [3.63, 3.8) is 0 Å². The molecular weight excluding hydrogens is 586 g/mol. The number of aromatic amines is 2. The van der Waals surface area contributed by atoms with Crippen molar-refractivity contribution < 1.29 is 31.1 Å². The minimum absolute atomic E-state index is 0.0732. The maximum atomic E-state index is 13.5. The van der Waals surface area contributed by atoms with Crippen molar-refractivity contribution in [2.24, 2.45) is 0 Å². The summed E-state index contributed by atoms with van der Waals surface area (Å²) in [6.07, 6.45) is -9.78. The number of ether oxygens (including phenoxy) is 1. The van der Waals surface area contributed by atoms with E-state index in [9.17, 15) is 31.1 Å². The number of alkyl halides is 6. The monoisotopic (exact) mass is 618 g/mol. The number of H-pyrrole nitrogens is 2. The van der Waals surface area contributed by atoms with Gasteiger partial charge in [0, 0.05) is 17.5 Å². The third-order valence-corrected chi connectivity index (χ3v) is 8.38. The van der Waals surface area contributed by atoms with Gasteiger partial charge in [-0.15, -0.1) is 0 Å². The number of hydrogen-bond acceptors (Lipinski definition) is 4. The molecule has 44 heavy (non-hydrogen) atoms. The molecule has 1 aromatic heterocycles. The van der Waals surface area contributed by atoms with Crippen LogP contribution in [0.4, 0.5) is 26.3 Å². The van der Waals surface area contributed by atoms with Crippen molar-refractivity contribution in [2.45, 2.75) is 69.2 Å². The van der Waals surface area contributed by atoms with Gasteiger partial charge in [-0.2, -0.15) is 31.4 Å². The molecule has 0 amide bonds. The molecule has 4 aromatic rings. The van der Waals surface area contributed by atoms with Gasteiger partial charge in [-0.1, -0.05) is 60.7 Å². The molecule has 1 aliphatic rings. The van der Waals surface area contributed by atoms with Gasteiger partial charge < -0.3 is 4.74 Å². The predicted molar refractivity (Wildman–Crippen MR) is 151 cm³/mol. The summed E-state index contributed by atoms with van der Waals surface area (Å²) in [5, 5.41) is 6.48. The van der Waals surface area contributed by atoms with Crippen LogP contribution in [0.3, 0.4) is 0 Å². The topological polar surface area (TPSA) is 74.0 Å². The number of aromatic nitrogens is 3.